The maximum absolute atomic E-state index is 12.1. The topological polar surface area (TPSA) is 94.0 Å². The summed E-state index contributed by atoms with van der Waals surface area (Å²) in [6.07, 6.45) is 4.34. The lowest BCUT2D eigenvalue weighted by atomic mass is 9.98. The second kappa shape index (κ2) is 6.71. The first kappa shape index (κ1) is 14.8. The van der Waals surface area contributed by atoms with Gasteiger partial charge in [0.05, 0.1) is 12.1 Å². The molecular weight excluding hydrogens is 256 g/mol. The van der Waals surface area contributed by atoms with Crippen LogP contribution < -0.4 is 16.0 Å². The fraction of sp³-hybridized carbons (Fsp3) is 0.786. The van der Waals surface area contributed by atoms with Crippen molar-refractivity contribution in [3.63, 3.8) is 0 Å². The number of hydrogen-bond donors (Lipinski definition) is 3. The van der Waals surface area contributed by atoms with Gasteiger partial charge in [-0.05, 0) is 32.2 Å². The van der Waals surface area contributed by atoms with E-state index in [0.717, 1.165) is 12.8 Å². The molecule has 1 saturated heterocycles. The minimum atomic E-state index is -0.591. The third-order valence-electron chi connectivity index (χ3n) is 4.09. The highest BCUT2D eigenvalue weighted by molar-refractivity contribution is 5.83. The Morgan fingerprint density at radius 1 is 1.45 bits per heavy atom. The zero-order valence-corrected chi connectivity index (χ0v) is 11.8. The number of hydrogen-bond acceptors (Lipinski definition) is 4. The van der Waals surface area contributed by atoms with Crippen LogP contribution >= 0.6 is 0 Å². The molecule has 0 spiro atoms. The van der Waals surface area contributed by atoms with E-state index in [1.54, 1.807) is 7.05 Å². The van der Waals surface area contributed by atoms with E-state index in [1.165, 1.54) is 12.8 Å². The van der Waals surface area contributed by atoms with E-state index in [-0.39, 0.29) is 23.8 Å². The van der Waals surface area contributed by atoms with Crippen LogP contribution in [0.25, 0.3) is 0 Å². The van der Waals surface area contributed by atoms with Gasteiger partial charge in [0.15, 0.2) is 0 Å². The van der Waals surface area contributed by atoms with Gasteiger partial charge in [-0.15, -0.1) is 0 Å². The van der Waals surface area contributed by atoms with Crippen LogP contribution in [0.3, 0.4) is 0 Å². The molecule has 1 saturated carbocycles. The minimum absolute atomic E-state index is 0.0114. The van der Waals surface area contributed by atoms with Crippen molar-refractivity contribution < 1.29 is 9.59 Å². The van der Waals surface area contributed by atoms with Crippen molar-refractivity contribution in [2.45, 2.75) is 44.2 Å². The molecule has 3 atom stereocenters. The molecule has 1 aliphatic carbocycles. The summed E-state index contributed by atoms with van der Waals surface area (Å²) >= 11 is 0. The van der Waals surface area contributed by atoms with Crippen molar-refractivity contribution in [3.8, 4) is 6.07 Å². The second-order valence-electron chi connectivity index (χ2n) is 5.72. The van der Waals surface area contributed by atoms with E-state index in [9.17, 15) is 9.59 Å². The average molecular weight is 278 g/mol. The summed E-state index contributed by atoms with van der Waals surface area (Å²) in [4.78, 5) is 23.6. The molecule has 110 valence electrons. The number of carbonyl (C=O) groups excluding carboxylic acids is 2. The Hall–Kier alpha value is -1.61. The molecule has 0 aromatic rings. The third kappa shape index (κ3) is 3.94. The Balaban J connectivity index is 1.83. The Kier molecular flexibility index (Phi) is 4.96. The van der Waals surface area contributed by atoms with Gasteiger partial charge in [-0.3, -0.25) is 9.59 Å². The van der Waals surface area contributed by atoms with E-state index in [1.807, 2.05) is 0 Å². The van der Waals surface area contributed by atoms with Crippen molar-refractivity contribution >= 4 is 11.8 Å². The lowest BCUT2D eigenvalue weighted by Gasteiger charge is -2.19. The molecule has 20 heavy (non-hydrogen) atoms. The molecule has 0 aromatic heterocycles. The number of nitriles is 1. The Morgan fingerprint density at radius 2 is 2.20 bits per heavy atom. The summed E-state index contributed by atoms with van der Waals surface area (Å²) in [6.45, 7) is 0.663. The summed E-state index contributed by atoms with van der Waals surface area (Å²) in [5.41, 5.74) is 0. The Bertz CT molecular complexity index is 414. The summed E-state index contributed by atoms with van der Waals surface area (Å²) in [7, 11) is 1.76. The fourth-order valence-corrected chi connectivity index (χ4v) is 2.61. The van der Waals surface area contributed by atoms with Crippen molar-refractivity contribution in [1.29, 1.82) is 5.26 Å². The molecule has 2 aliphatic rings. The van der Waals surface area contributed by atoms with Crippen LogP contribution in [0.5, 0.6) is 0 Å². The van der Waals surface area contributed by atoms with Crippen LogP contribution in [0.15, 0.2) is 0 Å². The molecule has 1 aliphatic heterocycles. The number of rotatable bonds is 7. The van der Waals surface area contributed by atoms with E-state index in [4.69, 9.17) is 5.26 Å². The number of amides is 2. The van der Waals surface area contributed by atoms with Crippen LogP contribution in [0.2, 0.25) is 0 Å². The number of carbonyl (C=O) groups is 2. The Morgan fingerprint density at radius 3 is 2.70 bits per heavy atom. The number of nitrogens with zero attached hydrogens (tertiary/aromatic N) is 1. The highest BCUT2D eigenvalue weighted by atomic mass is 16.2. The summed E-state index contributed by atoms with van der Waals surface area (Å²) < 4.78 is 0. The van der Waals surface area contributed by atoms with Gasteiger partial charge in [-0.25, -0.2) is 0 Å². The van der Waals surface area contributed by atoms with Crippen LogP contribution in [-0.4, -0.2) is 37.5 Å². The van der Waals surface area contributed by atoms with E-state index < -0.39 is 6.04 Å². The van der Waals surface area contributed by atoms with Crippen molar-refractivity contribution in [1.82, 2.24) is 16.0 Å². The van der Waals surface area contributed by atoms with Gasteiger partial charge in [-0.1, -0.05) is 12.8 Å². The largest absolute Gasteiger partial charge is 0.356 e. The van der Waals surface area contributed by atoms with Gasteiger partial charge in [0.1, 0.15) is 6.04 Å². The fourth-order valence-electron chi connectivity index (χ4n) is 2.61. The molecule has 6 heteroatoms. The summed E-state index contributed by atoms with van der Waals surface area (Å²) in [5.74, 6) is 0.336. The molecule has 2 amide bonds. The molecule has 2 fully saturated rings. The van der Waals surface area contributed by atoms with Crippen molar-refractivity contribution in [2.75, 3.05) is 13.6 Å². The van der Waals surface area contributed by atoms with E-state index in [2.05, 4.69) is 22.0 Å². The van der Waals surface area contributed by atoms with Crippen molar-refractivity contribution in [2.24, 2.45) is 11.8 Å². The van der Waals surface area contributed by atoms with Crippen LogP contribution in [0.4, 0.5) is 0 Å². The van der Waals surface area contributed by atoms with Crippen LogP contribution in [-0.2, 0) is 9.59 Å². The molecule has 0 bridgehead atoms. The second-order valence-corrected chi connectivity index (χ2v) is 5.72. The molecular formula is C14H22N4O2. The first-order valence-electron chi connectivity index (χ1n) is 7.29. The molecule has 6 nitrogen and oxygen atoms in total. The van der Waals surface area contributed by atoms with Gasteiger partial charge in [0.2, 0.25) is 11.8 Å². The highest BCUT2D eigenvalue weighted by Crippen LogP contribution is 2.33. The normalized spacial score (nSPS) is 24.6. The zero-order valence-electron chi connectivity index (χ0n) is 11.8. The quantitative estimate of drug-likeness (QED) is 0.606. The standard InChI is InChI=1S/C14H22N4O2/c1-16-12(6-9-2-3-9)14(20)18-11(8-15)7-10-4-5-17-13(10)19/h9-12,16H,2-7H2,1H3,(H,17,19)(H,18,20)/t10?,11?,12-/m0/s1. The zero-order chi connectivity index (χ0) is 14.5. The van der Waals surface area contributed by atoms with Crippen LogP contribution in [0.1, 0.15) is 32.1 Å². The molecule has 0 radical (unpaired) electrons. The van der Waals surface area contributed by atoms with Gasteiger partial charge in [0.25, 0.3) is 0 Å². The van der Waals surface area contributed by atoms with Gasteiger partial charge in [0, 0.05) is 12.5 Å². The first-order valence-corrected chi connectivity index (χ1v) is 7.29. The first-order chi connectivity index (χ1) is 9.63. The third-order valence-corrected chi connectivity index (χ3v) is 4.09. The smallest absolute Gasteiger partial charge is 0.238 e. The van der Waals surface area contributed by atoms with Crippen LogP contribution in [0, 0.1) is 23.2 Å². The molecule has 0 aromatic carbocycles. The summed E-state index contributed by atoms with van der Waals surface area (Å²) in [6, 6.07) is 1.26. The number of nitrogens with one attached hydrogen (secondary N) is 3. The average Bonchev–Trinajstić information content (AvgIpc) is 3.18. The monoisotopic (exact) mass is 278 g/mol. The predicted octanol–water partition coefficient (Wildman–Crippen LogP) is -0.0909. The molecule has 2 unspecified atom stereocenters. The molecule has 3 N–H and O–H groups in total. The maximum Gasteiger partial charge on any atom is 0.238 e. The lowest BCUT2D eigenvalue weighted by Crippen LogP contribution is -2.47. The SMILES string of the molecule is CN[C@@H](CC1CC1)C(=O)NC(C#N)CC1CCNC1=O. The lowest BCUT2D eigenvalue weighted by molar-refractivity contribution is -0.125. The highest BCUT2D eigenvalue weighted by Gasteiger charge is 2.31. The van der Waals surface area contributed by atoms with Gasteiger partial charge >= 0.3 is 0 Å². The number of likely N-dealkylation sites (N-methyl/N-ethyl adjacent to an activating group) is 1. The summed E-state index contributed by atoms with van der Waals surface area (Å²) in [5, 5.41) is 17.7. The van der Waals surface area contributed by atoms with Gasteiger partial charge < -0.3 is 16.0 Å². The maximum atomic E-state index is 12.1. The predicted molar refractivity (Wildman–Crippen MR) is 73.5 cm³/mol. The van der Waals surface area contributed by atoms with E-state index in [0.29, 0.717) is 18.9 Å². The van der Waals surface area contributed by atoms with E-state index >= 15 is 0 Å². The molecule has 1 heterocycles. The van der Waals surface area contributed by atoms with Crippen molar-refractivity contribution in [3.05, 3.63) is 0 Å². The minimum Gasteiger partial charge on any atom is -0.356 e. The Labute approximate surface area is 119 Å². The molecule has 2 rings (SSSR count). The van der Waals surface area contributed by atoms with Gasteiger partial charge in [-0.2, -0.15) is 5.26 Å².